The van der Waals surface area contributed by atoms with Gasteiger partial charge in [-0.05, 0) is 57.6 Å². The smallest absolute Gasteiger partial charge is 0.0701 e. The summed E-state index contributed by atoms with van der Waals surface area (Å²) in [5.74, 6) is 1.60. The molecule has 84 valence electrons. The van der Waals surface area contributed by atoms with Crippen molar-refractivity contribution in [1.29, 1.82) is 0 Å². The van der Waals surface area contributed by atoms with E-state index >= 15 is 0 Å². The van der Waals surface area contributed by atoms with Crippen LogP contribution in [0.5, 0.6) is 0 Å². The first kappa shape index (κ1) is 11.6. The summed E-state index contributed by atoms with van der Waals surface area (Å²) < 4.78 is 1.19. The molecule has 0 amide bonds. The van der Waals surface area contributed by atoms with Crippen LogP contribution < -0.4 is 5.73 Å². The standard InChI is InChI=1S/C12H18BrNS/c1-8-2-4-9(5-3-8)12(14)10-6-11(13)15-7-10/h6-9,12H,2-5,14H2,1H3. The molecule has 1 fully saturated rings. The lowest BCUT2D eigenvalue weighted by Crippen LogP contribution is -2.25. The first-order chi connectivity index (χ1) is 7.16. The lowest BCUT2D eigenvalue weighted by Gasteiger charge is -2.30. The van der Waals surface area contributed by atoms with Crippen LogP contribution in [0.3, 0.4) is 0 Å². The molecule has 1 atom stereocenters. The minimum atomic E-state index is 0.250. The lowest BCUT2D eigenvalue weighted by atomic mass is 9.78. The van der Waals surface area contributed by atoms with Crippen molar-refractivity contribution in [3.05, 3.63) is 20.8 Å². The van der Waals surface area contributed by atoms with Gasteiger partial charge in [-0.25, -0.2) is 0 Å². The van der Waals surface area contributed by atoms with E-state index in [0.717, 1.165) is 5.92 Å². The highest BCUT2D eigenvalue weighted by Gasteiger charge is 2.25. The molecule has 1 saturated carbocycles. The van der Waals surface area contributed by atoms with Gasteiger partial charge in [0, 0.05) is 6.04 Å². The Kier molecular flexibility index (Phi) is 3.86. The maximum absolute atomic E-state index is 6.31. The van der Waals surface area contributed by atoms with E-state index < -0.39 is 0 Å². The van der Waals surface area contributed by atoms with Gasteiger partial charge in [-0.15, -0.1) is 11.3 Å². The summed E-state index contributed by atoms with van der Waals surface area (Å²) in [6, 6.07) is 2.42. The van der Waals surface area contributed by atoms with Crippen LogP contribution >= 0.6 is 27.3 Å². The molecular weight excluding hydrogens is 270 g/mol. The molecule has 1 unspecified atom stereocenters. The minimum Gasteiger partial charge on any atom is -0.324 e. The monoisotopic (exact) mass is 287 g/mol. The van der Waals surface area contributed by atoms with Crippen molar-refractivity contribution in [2.45, 2.75) is 38.6 Å². The summed E-state index contributed by atoms with van der Waals surface area (Å²) >= 11 is 5.23. The van der Waals surface area contributed by atoms with Crippen molar-refractivity contribution in [3.8, 4) is 0 Å². The second-order valence-electron chi connectivity index (χ2n) is 4.73. The van der Waals surface area contributed by atoms with Crippen LogP contribution in [0.25, 0.3) is 0 Å². The molecule has 1 aromatic heterocycles. The van der Waals surface area contributed by atoms with Gasteiger partial charge in [0.05, 0.1) is 3.79 Å². The fourth-order valence-corrected chi connectivity index (χ4v) is 3.64. The number of halogens is 1. The first-order valence-corrected chi connectivity index (χ1v) is 7.33. The SMILES string of the molecule is CC1CCC(C(N)c2csc(Br)c2)CC1. The zero-order chi connectivity index (χ0) is 10.8. The van der Waals surface area contributed by atoms with Crippen molar-refractivity contribution in [2.24, 2.45) is 17.6 Å². The second kappa shape index (κ2) is 4.98. The Morgan fingerprint density at radius 2 is 2.07 bits per heavy atom. The Balaban J connectivity index is 1.99. The molecule has 1 heterocycles. The van der Waals surface area contributed by atoms with E-state index in [9.17, 15) is 0 Å². The number of hydrogen-bond donors (Lipinski definition) is 1. The molecular formula is C12H18BrNS. The minimum absolute atomic E-state index is 0.250. The summed E-state index contributed by atoms with van der Waals surface area (Å²) in [4.78, 5) is 0. The van der Waals surface area contributed by atoms with Gasteiger partial charge in [0.1, 0.15) is 0 Å². The van der Waals surface area contributed by atoms with Crippen LogP contribution in [0.1, 0.15) is 44.2 Å². The third kappa shape index (κ3) is 2.83. The topological polar surface area (TPSA) is 26.0 Å². The van der Waals surface area contributed by atoms with Crippen LogP contribution in [0.2, 0.25) is 0 Å². The maximum Gasteiger partial charge on any atom is 0.0701 e. The van der Waals surface area contributed by atoms with Crippen molar-refractivity contribution in [2.75, 3.05) is 0 Å². The van der Waals surface area contributed by atoms with Gasteiger partial charge in [0.15, 0.2) is 0 Å². The van der Waals surface area contributed by atoms with Gasteiger partial charge in [0.25, 0.3) is 0 Å². The predicted molar refractivity (Wildman–Crippen MR) is 70.1 cm³/mol. The van der Waals surface area contributed by atoms with Gasteiger partial charge in [-0.3, -0.25) is 0 Å². The Labute approximate surface area is 104 Å². The molecule has 0 bridgehead atoms. The van der Waals surface area contributed by atoms with Gasteiger partial charge in [-0.2, -0.15) is 0 Å². The van der Waals surface area contributed by atoms with E-state index in [-0.39, 0.29) is 6.04 Å². The summed E-state index contributed by atoms with van der Waals surface area (Å²) in [6.07, 6.45) is 5.30. The van der Waals surface area contributed by atoms with Crippen molar-refractivity contribution in [3.63, 3.8) is 0 Å². The van der Waals surface area contributed by atoms with E-state index in [2.05, 4.69) is 34.3 Å². The van der Waals surface area contributed by atoms with E-state index in [0.29, 0.717) is 5.92 Å². The number of nitrogens with two attached hydrogens (primary N) is 1. The van der Waals surface area contributed by atoms with Gasteiger partial charge < -0.3 is 5.73 Å². The van der Waals surface area contributed by atoms with Crippen LogP contribution in [-0.4, -0.2) is 0 Å². The number of hydrogen-bond acceptors (Lipinski definition) is 2. The Bertz CT molecular complexity index is 315. The van der Waals surface area contributed by atoms with Crippen molar-refractivity contribution >= 4 is 27.3 Å². The highest BCUT2D eigenvalue weighted by Crippen LogP contribution is 2.37. The van der Waals surface area contributed by atoms with Gasteiger partial charge in [-0.1, -0.05) is 19.8 Å². The lowest BCUT2D eigenvalue weighted by molar-refractivity contribution is 0.256. The number of thiophene rings is 1. The molecule has 3 heteroatoms. The molecule has 0 saturated heterocycles. The quantitative estimate of drug-likeness (QED) is 0.861. The highest BCUT2D eigenvalue weighted by molar-refractivity contribution is 9.11. The molecule has 2 rings (SSSR count). The van der Waals surface area contributed by atoms with Gasteiger partial charge in [0.2, 0.25) is 0 Å². The summed E-state index contributed by atoms with van der Waals surface area (Å²) in [5.41, 5.74) is 7.63. The van der Waals surface area contributed by atoms with E-state index in [1.165, 1.54) is 35.0 Å². The molecule has 0 aliphatic heterocycles. The third-order valence-electron chi connectivity index (χ3n) is 3.54. The molecule has 15 heavy (non-hydrogen) atoms. The Morgan fingerprint density at radius 1 is 1.40 bits per heavy atom. The highest BCUT2D eigenvalue weighted by atomic mass is 79.9. The zero-order valence-electron chi connectivity index (χ0n) is 9.08. The number of rotatable bonds is 2. The first-order valence-electron chi connectivity index (χ1n) is 5.66. The summed E-state index contributed by atoms with van der Waals surface area (Å²) in [7, 11) is 0. The molecule has 0 aromatic carbocycles. The molecule has 1 nitrogen and oxygen atoms in total. The van der Waals surface area contributed by atoms with Gasteiger partial charge >= 0.3 is 0 Å². The van der Waals surface area contributed by atoms with E-state index in [1.54, 1.807) is 11.3 Å². The third-order valence-corrected chi connectivity index (χ3v) is 5.06. The van der Waals surface area contributed by atoms with Crippen LogP contribution in [-0.2, 0) is 0 Å². The largest absolute Gasteiger partial charge is 0.324 e. The molecule has 1 aliphatic rings. The van der Waals surface area contributed by atoms with E-state index in [4.69, 9.17) is 5.73 Å². The predicted octanol–water partition coefficient (Wildman–Crippen LogP) is 4.34. The molecule has 0 radical (unpaired) electrons. The molecule has 0 spiro atoms. The Hall–Kier alpha value is 0.140. The fourth-order valence-electron chi connectivity index (χ4n) is 2.42. The summed E-state index contributed by atoms with van der Waals surface area (Å²) in [6.45, 7) is 2.35. The second-order valence-corrected chi connectivity index (χ2v) is 7.02. The van der Waals surface area contributed by atoms with Crippen molar-refractivity contribution in [1.82, 2.24) is 0 Å². The Morgan fingerprint density at radius 3 is 2.60 bits per heavy atom. The normalized spacial score (nSPS) is 29.0. The maximum atomic E-state index is 6.31. The average molecular weight is 288 g/mol. The van der Waals surface area contributed by atoms with E-state index in [1.807, 2.05) is 0 Å². The molecule has 2 N–H and O–H groups in total. The summed E-state index contributed by atoms with van der Waals surface area (Å²) in [5, 5.41) is 2.19. The van der Waals surface area contributed by atoms with Crippen LogP contribution in [0.4, 0.5) is 0 Å². The van der Waals surface area contributed by atoms with Crippen molar-refractivity contribution < 1.29 is 0 Å². The van der Waals surface area contributed by atoms with Crippen LogP contribution in [0, 0.1) is 11.8 Å². The fraction of sp³-hybridized carbons (Fsp3) is 0.667. The zero-order valence-corrected chi connectivity index (χ0v) is 11.5. The average Bonchev–Trinajstić information content (AvgIpc) is 2.65. The molecule has 1 aliphatic carbocycles. The molecule has 1 aromatic rings. The van der Waals surface area contributed by atoms with Crippen LogP contribution in [0.15, 0.2) is 15.2 Å².